The molecule has 0 fully saturated rings. The second-order valence-corrected chi connectivity index (χ2v) is 8.63. The summed E-state index contributed by atoms with van der Waals surface area (Å²) in [5.41, 5.74) is 1.85. The van der Waals surface area contributed by atoms with Gasteiger partial charge < -0.3 is 4.18 Å². The summed E-state index contributed by atoms with van der Waals surface area (Å²) < 4.78 is 57.1. The van der Waals surface area contributed by atoms with Gasteiger partial charge in [0.25, 0.3) is 10.1 Å². The fourth-order valence-electron chi connectivity index (χ4n) is 1.86. The number of aryl methyl sites for hydroxylation is 2. The highest BCUT2D eigenvalue weighted by atomic mass is 32.2. The Morgan fingerprint density at radius 3 is 1.73 bits per heavy atom. The molecule has 138 valence electrons. The van der Waals surface area contributed by atoms with E-state index in [9.17, 15) is 16.8 Å². The van der Waals surface area contributed by atoms with Crippen molar-refractivity contribution in [1.82, 2.24) is 0 Å². The molecular formula is C18H18O6S2. The maximum absolute atomic E-state index is 12.0. The van der Waals surface area contributed by atoms with Gasteiger partial charge in [-0.2, -0.15) is 16.8 Å². The minimum Gasteiger partial charge on any atom is -0.324 e. The van der Waals surface area contributed by atoms with Gasteiger partial charge in [0.1, 0.15) is 11.0 Å². The average Bonchev–Trinajstić information content (AvgIpc) is 2.58. The molecule has 26 heavy (non-hydrogen) atoms. The quantitative estimate of drug-likeness (QED) is 0.425. The van der Waals surface area contributed by atoms with Crippen molar-refractivity contribution in [2.24, 2.45) is 0 Å². The SMILES string of the molecule is Cc1ccc(S(=O)(=O)OC#CCCOS(=O)(=O)c2ccc(C)cc2)cc1. The lowest BCUT2D eigenvalue weighted by Gasteiger charge is -2.04. The largest absolute Gasteiger partial charge is 0.347 e. The Morgan fingerprint density at radius 2 is 1.23 bits per heavy atom. The molecule has 8 heteroatoms. The predicted molar refractivity (Wildman–Crippen MR) is 96.2 cm³/mol. The van der Waals surface area contributed by atoms with Crippen molar-refractivity contribution >= 4 is 20.2 Å². The summed E-state index contributed by atoms with van der Waals surface area (Å²) in [5.74, 6) is 2.41. The molecule has 0 bridgehead atoms. The van der Waals surface area contributed by atoms with Gasteiger partial charge in [0, 0.05) is 6.42 Å². The van der Waals surface area contributed by atoms with E-state index < -0.39 is 20.2 Å². The molecule has 0 heterocycles. The summed E-state index contributed by atoms with van der Waals surface area (Å²) >= 11 is 0. The third-order valence-corrected chi connectivity index (χ3v) is 5.79. The topological polar surface area (TPSA) is 86.7 Å². The Bertz CT molecular complexity index is 1010. The number of benzene rings is 2. The van der Waals surface area contributed by atoms with E-state index in [1.807, 2.05) is 13.8 Å². The second-order valence-electron chi connectivity index (χ2n) is 5.47. The van der Waals surface area contributed by atoms with E-state index in [1.54, 1.807) is 24.3 Å². The summed E-state index contributed by atoms with van der Waals surface area (Å²) in [6.45, 7) is 3.47. The van der Waals surface area contributed by atoms with Crippen molar-refractivity contribution in [1.29, 1.82) is 0 Å². The van der Waals surface area contributed by atoms with Crippen LogP contribution in [0.1, 0.15) is 17.5 Å². The molecule has 0 aromatic heterocycles. The molecular weight excluding hydrogens is 376 g/mol. The third kappa shape index (κ3) is 5.59. The molecule has 0 radical (unpaired) electrons. The first-order valence-electron chi connectivity index (χ1n) is 7.65. The maximum Gasteiger partial charge on any atom is 0.347 e. The Balaban J connectivity index is 1.87. The van der Waals surface area contributed by atoms with E-state index >= 15 is 0 Å². The summed E-state index contributed by atoms with van der Waals surface area (Å²) in [6.07, 6.45) is 2.05. The summed E-state index contributed by atoms with van der Waals surface area (Å²) in [4.78, 5) is 0.0462. The second kappa shape index (κ2) is 8.36. The van der Waals surface area contributed by atoms with Crippen LogP contribution in [0.15, 0.2) is 58.3 Å². The van der Waals surface area contributed by atoms with Gasteiger partial charge >= 0.3 is 10.1 Å². The van der Waals surface area contributed by atoms with Crippen LogP contribution in [0.5, 0.6) is 0 Å². The van der Waals surface area contributed by atoms with Gasteiger partial charge in [-0.3, -0.25) is 4.18 Å². The van der Waals surface area contributed by atoms with Crippen LogP contribution < -0.4 is 0 Å². The van der Waals surface area contributed by atoms with Crippen LogP contribution in [0, 0.1) is 25.9 Å². The first-order chi connectivity index (χ1) is 12.2. The van der Waals surface area contributed by atoms with E-state index in [0.29, 0.717) is 0 Å². The average molecular weight is 394 g/mol. The van der Waals surface area contributed by atoms with Crippen LogP contribution in [-0.4, -0.2) is 23.4 Å². The summed E-state index contributed by atoms with van der Waals surface area (Å²) in [6, 6.07) is 12.4. The van der Waals surface area contributed by atoms with Gasteiger partial charge in [0.05, 0.1) is 11.5 Å². The van der Waals surface area contributed by atoms with Crippen LogP contribution >= 0.6 is 0 Å². The number of hydrogen-bond donors (Lipinski definition) is 0. The molecule has 6 nitrogen and oxygen atoms in total. The highest BCUT2D eigenvalue weighted by Crippen LogP contribution is 2.14. The van der Waals surface area contributed by atoms with Crippen molar-refractivity contribution in [3.63, 3.8) is 0 Å². The molecule has 0 saturated carbocycles. The lowest BCUT2D eigenvalue weighted by atomic mass is 10.2. The molecule has 2 rings (SSSR count). The van der Waals surface area contributed by atoms with Crippen molar-refractivity contribution in [2.75, 3.05) is 6.61 Å². The van der Waals surface area contributed by atoms with E-state index in [1.165, 1.54) is 24.3 Å². The zero-order valence-electron chi connectivity index (χ0n) is 14.3. The number of rotatable bonds is 6. The Hall–Kier alpha value is -2.34. The van der Waals surface area contributed by atoms with Gasteiger partial charge in [-0.05, 0) is 38.1 Å². The smallest absolute Gasteiger partial charge is 0.324 e. The molecule has 0 atom stereocenters. The first-order valence-corrected chi connectivity index (χ1v) is 10.5. The molecule has 0 aliphatic carbocycles. The summed E-state index contributed by atoms with van der Waals surface area (Å²) in [7, 11) is -7.84. The fraction of sp³-hybridized carbons (Fsp3) is 0.222. The van der Waals surface area contributed by atoms with E-state index in [2.05, 4.69) is 16.2 Å². The fourth-order valence-corrected chi connectivity index (χ4v) is 3.51. The van der Waals surface area contributed by atoms with Gasteiger partial charge in [0.2, 0.25) is 0 Å². The minimum atomic E-state index is -3.97. The van der Waals surface area contributed by atoms with Crippen LogP contribution in [-0.2, 0) is 28.6 Å². The molecule has 2 aromatic rings. The first kappa shape index (κ1) is 20.0. The molecule has 0 aliphatic rings. The van der Waals surface area contributed by atoms with Crippen LogP contribution in [0.25, 0.3) is 0 Å². The number of hydrogen-bond acceptors (Lipinski definition) is 6. The van der Waals surface area contributed by atoms with Crippen LogP contribution in [0.3, 0.4) is 0 Å². The standard InChI is InChI=1S/C18H18O6S2/c1-15-5-9-17(10-6-15)25(19,20)23-13-3-4-14-24-26(21,22)18-11-7-16(2)8-12-18/h5-12H,3,13H2,1-2H3. The molecule has 0 saturated heterocycles. The van der Waals surface area contributed by atoms with Crippen molar-refractivity contribution in [2.45, 2.75) is 30.1 Å². The highest BCUT2D eigenvalue weighted by molar-refractivity contribution is 7.87. The highest BCUT2D eigenvalue weighted by Gasteiger charge is 2.15. The molecule has 0 amide bonds. The van der Waals surface area contributed by atoms with Gasteiger partial charge in [-0.15, -0.1) is 0 Å². The molecule has 0 unspecified atom stereocenters. The summed E-state index contributed by atoms with van der Waals surface area (Å²) in [5, 5.41) is 0. The van der Waals surface area contributed by atoms with Crippen molar-refractivity contribution < 1.29 is 25.2 Å². The maximum atomic E-state index is 12.0. The lowest BCUT2D eigenvalue weighted by molar-refractivity contribution is 0.326. The van der Waals surface area contributed by atoms with E-state index in [-0.39, 0.29) is 22.8 Å². The van der Waals surface area contributed by atoms with E-state index in [4.69, 9.17) is 4.18 Å². The van der Waals surface area contributed by atoms with Gasteiger partial charge in [-0.25, -0.2) is 0 Å². The molecule has 0 spiro atoms. The minimum absolute atomic E-state index is 0.00408. The zero-order valence-corrected chi connectivity index (χ0v) is 15.9. The molecule has 0 N–H and O–H groups in total. The third-order valence-electron chi connectivity index (χ3n) is 3.31. The monoisotopic (exact) mass is 394 g/mol. The normalized spacial score (nSPS) is 11.5. The van der Waals surface area contributed by atoms with Crippen LogP contribution in [0.2, 0.25) is 0 Å². The lowest BCUT2D eigenvalue weighted by Crippen LogP contribution is -2.07. The van der Waals surface area contributed by atoms with Gasteiger partial charge in [-0.1, -0.05) is 41.3 Å². The Labute approximate surface area is 154 Å². The van der Waals surface area contributed by atoms with Gasteiger partial charge in [0.15, 0.2) is 0 Å². The Kier molecular flexibility index (Phi) is 6.42. The van der Waals surface area contributed by atoms with Crippen LogP contribution in [0.4, 0.5) is 0 Å². The van der Waals surface area contributed by atoms with Crippen molar-refractivity contribution in [3.8, 4) is 12.0 Å². The predicted octanol–water partition coefficient (Wildman–Crippen LogP) is 2.77. The Morgan fingerprint density at radius 1 is 0.769 bits per heavy atom. The zero-order chi connectivity index (χ0) is 19.2. The molecule has 2 aromatic carbocycles. The molecule has 0 aliphatic heterocycles. The van der Waals surface area contributed by atoms with E-state index in [0.717, 1.165) is 11.1 Å². The van der Waals surface area contributed by atoms with Crippen molar-refractivity contribution in [3.05, 3.63) is 59.7 Å².